The monoisotopic (exact) mass is 971 g/mol. The minimum Gasteiger partial charge on any atom is -0.456 e. The smallest absolute Gasteiger partial charge is 0.456 e. The van der Waals surface area contributed by atoms with Crippen LogP contribution < -0.4 is 14.7 Å². The van der Waals surface area contributed by atoms with E-state index < -0.39 is 15.6 Å². The molecule has 0 aliphatic carbocycles. The van der Waals surface area contributed by atoms with Crippen molar-refractivity contribution in [1.29, 1.82) is 0 Å². The zero-order valence-electron chi connectivity index (χ0n) is 40.8. The Balaban J connectivity index is 0.00000569. The second-order valence-electron chi connectivity index (χ2n) is 20.2. The number of fused-ring (bicyclic) bond motifs is 20. The molecule has 6 unspecified atom stereocenters. The summed E-state index contributed by atoms with van der Waals surface area (Å²) in [5.41, 5.74) is 6.65. The van der Waals surface area contributed by atoms with Crippen molar-refractivity contribution >= 4 is 177 Å². The Labute approximate surface area is 466 Å². The summed E-state index contributed by atoms with van der Waals surface area (Å²) in [5, 5.41) is 1.28. The Morgan fingerprint density at radius 3 is 1.29 bits per heavy atom. The van der Waals surface area contributed by atoms with Gasteiger partial charge in [0.15, 0.2) is 11.6 Å². The number of aromatic nitrogens is 8. The number of hydrogen-bond donors (Lipinski definition) is 0. The number of benzene rings is 5. The van der Waals surface area contributed by atoms with Gasteiger partial charge in [0, 0.05) is 130 Å². The van der Waals surface area contributed by atoms with E-state index in [9.17, 15) is 0 Å². The Bertz CT molecular complexity index is 3750. The average Bonchev–Trinajstić information content (AvgIpc) is 4.05. The summed E-state index contributed by atoms with van der Waals surface area (Å²) in [6.07, 6.45) is 1.23. The van der Waals surface area contributed by atoms with Gasteiger partial charge >= 0.3 is 19.5 Å². The Morgan fingerprint density at radius 2 is 0.853 bits per heavy atom. The molecule has 13 rings (SSSR count). The fraction of sp³-hybridized carbons (Fsp3) is 0.191. The summed E-state index contributed by atoms with van der Waals surface area (Å²) in [5.74, 6) is 2.50. The normalized spacial score (nSPS) is 22.6. The van der Waals surface area contributed by atoms with Crippen LogP contribution in [0.4, 0.5) is 0 Å². The van der Waals surface area contributed by atoms with Gasteiger partial charge < -0.3 is 29.7 Å². The second-order valence-corrected chi connectivity index (χ2v) is 20.2. The van der Waals surface area contributed by atoms with Gasteiger partial charge in [0.25, 0.3) is 0 Å². The van der Waals surface area contributed by atoms with Gasteiger partial charge in [-0.1, -0.05) is 97.1 Å². The van der Waals surface area contributed by atoms with Gasteiger partial charge in [-0.25, -0.2) is 15.0 Å². The minimum absolute atomic E-state index is 0. The van der Waals surface area contributed by atoms with E-state index in [4.69, 9.17) is 114 Å². The van der Waals surface area contributed by atoms with Crippen molar-refractivity contribution in [1.82, 2.24) is 39.9 Å². The van der Waals surface area contributed by atoms with Crippen molar-refractivity contribution in [3.05, 3.63) is 120 Å². The summed E-state index contributed by atoms with van der Waals surface area (Å²) in [6, 6.07) is 33.5. The maximum atomic E-state index is 7.44. The molecule has 5 aromatic carbocycles. The number of nitrogens with zero attached hydrogens (tertiary/aromatic N) is 8. The molecule has 75 heavy (non-hydrogen) atoms. The van der Waals surface area contributed by atoms with E-state index in [1.165, 1.54) is 0 Å². The Morgan fingerprint density at radius 1 is 0.467 bits per heavy atom. The molecule has 5 aliphatic heterocycles. The van der Waals surface area contributed by atoms with Crippen molar-refractivity contribution in [3.63, 3.8) is 0 Å². The van der Waals surface area contributed by atoms with E-state index >= 15 is 0 Å². The van der Waals surface area contributed by atoms with Gasteiger partial charge in [0.05, 0.1) is 58.5 Å². The van der Waals surface area contributed by atoms with Crippen molar-refractivity contribution in [2.24, 2.45) is 0 Å². The zero-order chi connectivity index (χ0) is 50.8. The van der Waals surface area contributed by atoms with Crippen LogP contribution in [-0.2, 0) is 38.7 Å². The first-order valence-electron chi connectivity index (χ1n) is 24.6. The van der Waals surface area contributed by atoms with E-state index in [0.29, 0.717) is 87.8 Å². The fourth-order valence-electron chi connectivity index (χ4n) is 12.1. The standard InChI is InChI=1S/C47H26B18N8O.Zn/c48-57-42-45(60-51,63(42)54)18-21-16-22(19-46(61-52)43(58-49)64(46)55)33(23(17-21)20-47(62-53)44(59-50)65(47)56)74-31-15-7-14-30-32(31)41-72-39-29-13-6-5-12-28(29)37(70-39)68-35-25-9-2-1-8-24(25)34(66-35)67-36-26-10-3-4-11-27(26)38(69-36)71-40(30)73-41;/h1-17,42-44H,18-20H2;/q-2;+2/i57-1,58-1,59-1,60-1,61-1,62-1,63-1,64-1,65-1;. The largest absolute Gasteiger partial charge is 2.00 e. The third-order valence-corrected chi connectivity index (χ3v) is 16.5. The van der Waals surface area contributed by atoms with Crippen LogP contribution in [0, 0.1) is 0 Å². The first-order chi connectivity index (χ1) is 36.0. The number of rotatable bonds is 14. The molecule has 0 saturated carbocycles. The molecule has 6 atom stereocenters. The molecule has 28 heteroatoms. The van der Waals surface area contributed by atoms with Gasteiger partial charge in [-0.15, -0.1) is 32.8 Å². The van der Waals surface area contributed by atoms with Crippen LogP contribution in [0.5, 0.6) is 11.5 Å². The van der Waals surface area contributed by atoms with Crippen molar-refractivity contribution in [3.8, 4) is 57.1 Å². The Kier molecular flexibility index (Phi) is 13.0. The maximum absolute atomic E-state index is 7.44. The summed E-state index contributed by atoms with van der Waals surface area (Å²) < 4.78 is 7.44. The molecule has 24 radical (unpaired) electrons. The molecule has 8 heterocycles. The molecule has 3 aromatic heterocycles. The minimum atomic E-state index is -0.688. The Hall–Kier alpha value is -4.95. The molecular formula is C47H26B18N8OZn. The van der Waals surface area contributed by atoms with Crippen LogP contribution in [0.15, 0.2) is 103 Å². The van der Waals surface area contributed by atoms with E-state index in [1.807, 2.05) is 91.0 Å². The van der Waals surface area contributed by atoms with Gasteiger partial charge in [-0.3, -0.25) is 0 Å². The molecule has 8 bridgehead atoms. The van der Waals surface area contributed by atoms with E-state index in [1.54, 1.807) is 43.0 Å². The topological polar surface area (TPSA) is 115 Å². The van der Waals surface area contributed by atoms with Gasteiger partial charge in [0.2, 0.25) is 0 Å². The summed E-state index contributed by atoms with van der Waals surface area (Å²) in [7, 11) is 68.1. The average molecular weight is 972 g/mol. The molecular weight excluding hydrogens is 945 g/mol. The second kappa shape index (κ2) is 19.2. The predicted molar refractivity (Wildman–Crippen MR) is 315 cm³/mol. The van der Waals surface area contributed by atoms with E-state index in [2.05, 4.69) is 12.1 Å². The molecule has 3 fully saturated rings. The van der Waals surface area contributed by atoms with Crippen molar-refractivity contribution in [2.45, 2.75) is 52.1 Å². The quantitative estimate of drug-likeness (QED) is 0.152. The van der Waals surface area contributed by atoms with Crippen molar-refractivity contribution < 1.29 is 24.2 Å². The maximum Gasteiger partial charge on any atom is 2.00 e. The molecule has 9 nitrogen and oxygen atoms in total. The fourth-order valence-corrected chi connectivity index (χ4v) is 12.1. The van der Waals surface area contributed by atoms with Crippen LogP contribution >= 0.6 is 0 Å². The van der Waals surface area contributed by atoms with Crippen LogP contribution in [-0.4, -0.2) is 162 Å². The molecule has 316 valence electrons. The molecule has 0 N–H and O–H groups in total. The van der Waals surface area contributed by atoms with Gasteiger partial charge in [-0.05, 0) is 63.6 Å². The molecule has 8 aromatic rings. The van der Waals surface area contributed by atoms with Gasteiger partial charge in [-0.2, -0.15) is 0 Å². The number of hydrogen-bond acceptors (Lipinski definition) is 7. The summed E-state index contributed by atoms with van der Waals surface area (Å²) in [6.45, 7) is -0.964. The molecule has 3 saturated heterocycles. The number of ether oxygens (including phenoxy) is 1. The SMILES string of the molecule is [B][10B]C1[10B]([B])C1([10B][B])Cc1cc(CC2([10B][B])[10B]([B])C2[10B][B])c(Oc2cccc3c2-c2nc4nc(nc5[n-]c(nc6[n-]c(nc-3n2)c2ccccc62)c2ccccc52)-c2ccccc2-4)c(CC2([10B][B])[10B]([B])C2[10B][B])c1.[Zn+2]. The first-order valence-corrected chi connectivity index (χ1v) is 24.6. The molecule has 0 spiro atoms. The van der Waals surface area contributed by atoms with Crippen LogP contribution in [0.1, 0.15) is 16.7 Å². The van der Waals surface area contributed by atoms with Crippen LogP contribution in [0.3, 0.4) is 0 Å². The van der Waals surface area contributed by atoms with Crippen LogP contribution in [0.2, 0.25) is 32.8 Å². The third kappa shape index (κ3) is 7.91. The van der Waals surface area contributed by atoms with Crippen molar-refractivity contribution in [2.75, 3.05) is 0 Å². The van der Waals surface area contributed by atoms with E-state index in [0.717, 1.165) is 49.4 Å². The summed E-state index contributed by atoms with van der Waals surface area (Å²) >= 11 is 0. The third-order valence-electron chi connectivity index (χ3n) is 16.5. The van der Waals surface area contributed by atoms with Crippen LogP contribution in [0.25, 0.3) is 89.7 Å². The molecule has 5 aliphatic rings. The first kappa shape index (κ1) is 50.8. The molecule has 0 amide bonds. The predicted octanol–water partition coefficient (Wildman–Crippen LogP) is 2.87. The van der Waals surface area contributed by atoms with E-state index in [-0.39, 0.29) is 56.4 Å². The summed E-state index contributed by atoms with van der Waals surface area (Å²) in [4.78, 5) is 41.0. The zero-order valence-corrected chi connectivity index (χ0v) is 43.7. The van der Waals surface area contributed by atoms with Gasteiger partial charge in [0.1, 0.15) is 11.5 Å².